The highest BCUT2D eigenvalue weighted by molar-refractivity contribution is 7.88. The van der Waals surface area contributed by atoms with E-state index in [1.807, 2.05) is 0 Å². The number of hydrogen-bond acceptors (Lipinski definition) is 4. The minimum atomic E-state index is -6.08. The van der Waals surface area contributed by atoms with Crippen molar-refractivity contribution < 1.29 is 48.6 Å². The van der Waals surface area contributed by atoms with Crippen LogP contribution in [-0.4, -0.2) is 67.5 Å². The molecule has 1 heterocycles. The zero-order valence-electron chi connectivity index (χ0n) is 19.7. The van der Waals surface area contributed by atoms with E-state index in [0.717, 1.165) is 24.5 Å². The second-order valence-corrected chi connectivity index (χ2v) is 10.7. The molecule has 0 atom stereocenters. The molecule has 0 spiro atoms. The summed E-state index contributed by atoms with van der Waals surface area (Å²) in [6, 6.07) is 3.19. The second-order valence-electron chi connectivity index (χ2n) is 8.76. The average molecular weight is 561 g/mol. The molecule has 0 aliphatic carbocycles. The van der Waals surface area contributed by atoms with Crippen molar-refractivity contribution in [1.29, 1.82) is 0 Å². The van der Waals surface area contributed by atoms with Crippen molar-refractivity contribution in [2.45, 2.75) is 37.8 Å². The van der Waals surface area contributed by atoms with E-state index >= 15 is 8.78 Å². The number of aliphatic hydroxyl groups is 1. The van der Waals surface area contributed by atoms with Crippen molar-refractivity contribution in [3.8, 4) is 11.1 Å². The lowest BCUT2D eigenvalue weighted by atomic mass is 9.89. The molecule has 1 saturated heterocycles. The average Bonchev–Trinajstić information content (AvgIpc) is 2.79. The number of benzene rings is 2. The molecule has 0 bridgehead atoms. The summed E-state index contributed by atoms with van der Waals surface area (Å²) < 4.78 is 134. The molecule has 1 N–H and O–H groups in total. The number of hydrogen-bond donors (Lipinski definition) is 1. The molecule has 2 aromatic carbocycles. The van der Waals surface area contributed by atoms with Gasteiger partial charge in [-0.3, -0.25) is 4.90 Å². The molecule has 1 aliphatic heterocycles. The van der Waals surface area contributed by atoms with Crippen LogP contribution in [0.4, 0.5) is 35.1 Å². The Hall–Kier alpha value is -2.29. The van der Waals surface area contributed by atoms with E-state index in [2.05, 4.69) is 0 Å². The topological polar surface area (TPSA) is 60.9 Å². The SMILES string of the molecule is CCc1c(F)c(CN2CCN(S(C)(=O)=O)CC2)cc(F)c1-c1ccc(C(O)(C(F)(F)F)C(F)(F)F)cc1. The standard InChI is InChI=1S/C23H24F8N2O3S/c1-3-17-19(14-4-6-16(7-5-14)21(34,22(26,27)28)23(29,30)31)18(24)12-15(20(17)25)13-32-8-10-33(11-9-32)37(2,35)36/h4-7,12,34H,3,8-11,13H2,1-2H3. The third-order valence-electron chi connectivity index (χ3n) is 6.35. The van der Waals surface area contributed by atoms with Crippen molar-refractivity contribution in [1.82, 2.24) is 9.21 Å². The minimum absolute atomic E-state index is 0.0222. The zero-order chi connectivity index (χ0) is 28.0. The van der Waals surface area contributed by atoms with E-state index in [4.69, 9.17) is 0 Å². The first kappa shape index (κ1) is 29.3. The third kappa shape index (κ3) is 5.61. The molecule has 5 nitrogen and oxygen atoms in total. The van der Waals surface area contributed by atoms with Gasteiger partial charge in [0, 0.05) is 49.4 Å². The highest BCUT2D eigenvalue weighted by Gasteiger charge is 2.71. The van der Waals surface area contributed by atoms with Gasteiger partial charge in [-0.05, 0) is 23.6 Å². The Labute approximate surface area is 208 Å². The number of piperazine rings is 1. The fourth-order valence-corrected chi connectivity index (χ4v) is 5.15. The predicted molar refractivity (Wildman–Crippen MR) is 119 cm³/mol. The highest BCUT2D eigenvalue weighted by Crippen LogP contribution is 2.50. The van der Waals surface area contributed by atoms with Gasteiger partial charge in [-0.1, -0.05) is 31.2 Å². The second kappa shape index (κ2) is 10.1. The molecule has 0 unspecified atom stereocenters. The first-order chi connectivity index (χ1) is 16.9. The summed E-state index contributed by atoms with van der Waals surface area (Å²) >= 11 is 0. The third-order valence-corrected chi connectivity index (χ3v) is 7.65. The van der Waals surface area contributed by atoms with E-state index in [-0.39, 0.29) is 61.4 Å². The number of nitrogens with zero attached hydrogens (tertiary/aromatic N) is 2. The fraction of sp³-hybridized carbons (Fsp3) is 0.478. The Bertz CT molecular complexity index is 1220. The summed E-state index contributed by atoms with van der Waals surface area (Å²) in [7, 11) is -3.38. The molecular weight excluding hydrogens is 536 g/mol. The van der Waals surface area contributed by atoms with E-state index in [9.17, 15) is 39.9 Å². The van der Waals surface area contributed by atoms with Crippen molar-refractivity contribution >= 4 is 10.0 Å². The van der Waals surface area contributed by atoms with Crippen molar-refractivity contribution in [2.24, 2.45) is 0 Å². The van der Waals surface area contributed by atoms with Crippen LogP contribution in [0.3, 0.4) is 0 Å². The van der Waals surface area contributed by atoms with E-state index < -0.39 is 45.2 Å². The Kier molecular flexibility index (Phi) is 8.00. The lowest BCUT2D eigenvalue weighted by Gasteiger charge is -2.33. The summed E-state index contributed by atoms with van der Waals surface area (Å²) in [5.41, 5.74) is -7.29. The largest absolute Gasteiger partial charge is 0.430 e. The Morgan fingerprint density at radius 2 is 1.43 bits per heavy atom. The number of halogens is 8. The number of rotatable bonds is 6. The molecule has 1 fully saturated rings. The predicted octanol–water partition coefficient (Wildman–Crippen LogP) is 4.58. The smallest absolute Gasteiger partial charge is 0.369 e. The molecule has 14 heteroatoms. The van der Waals surface area contributed by atoms with Crippen LogP contribution in [0.1, 0.15) is 23.6 Å². The molecule has 0 radical (unpaired) electrons. The van der Waals surface area contributed by atoms with Crippen LogP contribution in [-0.2, 0) is 28.6 Å². The fourth-order valence-electron chi connectivity index (χ4n) is 4.32. The van der Waals surface area contributed by atoms with Crippen LogP contribution in [0.5, 0.6) is 0 Å². The molecule has 37 heavy (non-hydrogen) atoms. The quantitative estimate of drug-likeness (QED) is 0.526. The molecule has 3 rings (SSSR count). The van der Waals surface area contributed by atoms with E-state index in [1.165, 1.54) is 11.2 Å². The maximum absolute atomic E-state index is 15.4. The van der Waals surface area contributed by atoms with Crippen LogP contribution < -0.4 is 0 Å². The highest BCUT2D eigenvalue weighted by atomic mass is 32.2. The summed E-state index contributed by atoms with van der Waals surface area (Å²) in [6.07, 6.45) is -11.1. The summed E-state index contributed by atoms with van der Waals surface area (Å²) in [5.74, 6) is -1.71. The Balaban J connectivity index is 1.94. The van der Waals surface area contributed by atoms with Crippen LogP contribution in [0.15, 0.2) is 30.3 Å². The first-order valence-electron chi connectivity index (χ1n) is 11.1. The maximum Gasteiger partial charge on any atom is 0.430 e. The van der Waals surface area contributed by atoms with Crippen LogP contribution in [0.2, 0.25) is 0 Å². The monoisotopic (exact) mass is 560 g/mol. The van der Waals surface area contributed by atoms with Crippen molar-refractivity contribution in [3.63, 3.8) is 0 Å². The molecule has 0 amide bonds. The lowest BCUT2D eigenvalue weighted by molar-refractivity contribution is -0.376. The Morgan fingerprint density at radius 1 is 0.919 bits per heavy atom. The van der Waals surface area contributed by atoms with E-state index in [1.54, 1.807) is 4.90 Å². The molecule has 2 aromatic rings. The molecule has 0 aromatic heterocycles. The molecule has 0 saturated carbocycles. The van der Waals surface area contributed by atoms with Crippen LogP contribution >= 0.6 is 0 Å². The number of sulfonamides is 1. The van der Waals surface area contributed by atoms with Gasteiger partial charge in [0.2, 0.25) is 10.0 Å². The van der Waals surface area contributed by atoms with Crippen molar-refractivity contribution in [2.75, 3.05) is 32.4 Å². The maximum atomic E-state index is 15.4. The lowest BCUT2D eigenvalue weighted by Crippen LogP contribution is -2.53. The normalized spacial score (nSPS) is 16.8. The minimum Gasteiger partial charge on any atom is -0.369 e. The van der Waals surface area contributed by atoms with Gasteiger partial charge in [0.25, 0.3) is 5.60 Å². The van der Waals surface area contributed by atoms with Crippen LogP contribution in [0.25, 0.3) is 11.1 Å². The van der Waals surface area contributed by atoms with Crippen LogP contribution in [0, 0.1) is 11.6 Å². The first-order valence-corrected chi connectivity index (χ1v) is 12.9. The summed E-state index contributed by atoms with van der Waals surface area (Å²) in [5, 5.41) is 9.54. The van der Waals surface area contributed by atoms with Gasteiger partial charge in [-0.2, -0.15) is 30.6 Å². The molecule has 206 valence electrons. The van der Waals surface area contributed by atoms with Gasteiger partial charge in [0.15, 0.2) is 0 Å². The van der Waals surface area contributed by atoms with Gasteiger partial charge in [-0.25, -0.2) is 17.2 Å². The van der Waals surface area contributed by atoms with Crippen molar-refractivity contribution in [3.05, 3.63) is 58.7 Å². The van der Waals surface area contributed by atoms with Gasteiger partial charge < -0.3 is 5.11 Å². The number of alkyl halides is 6. The van der Waals surface area contributed by atoms with Gasteiger partial charge in [0.05, 0.1) is 6.26 Å². The van der Waals surface area contributed by atoms with E-state index in [0.29, 0.717) is 12.1 Å². The van der Waals surface area contributed by atoms with Gasteiger partial charge in [-0.15, -0.1) is 0 Å². The summed E-state index contributed by atoms with van der Waals surface area (Å²) in [4.78, 5) is 1.74. The molecular formula is C23H24F8N2O3S. The van der Waals surface area contributed by atoms with Gasteiger partial charge in [0.1, 0.15) is 11.6 Å². The molecule has 1 aliphatic rings. The zero-order valence-corrected chi connectivity index (χ0v) is 20.5. The van der Waals surface area contributed by atoms with Gasteiger partial charge >= 0.3 is 12.4 Å². The summed E-state index contributed by atoms with van der Waals surface area (Å²) in [6.45, 7) is 2.39. The Morgan fingerprint density at radius 3 is 1.86 bits per heavy atom.